The SMILES string of the molecule is C#CCOc1ccc(Br)cc1/C=N/NC(=O)c1ccccc1C. The molecule has 0 aliphatic carbocycles. The fourth-order valence-corrected chi connectivity index (χ4v) is 2.30. The molecule has 0 spiro atoms. The molecule has 1 amide bonds. The molecular formula is C18H15BrN2O2. The quantitative estimate of drug-likeness (QED) is 0.497. The lowest BCUT2D eigenvalue weighted by Gasteiger charge is -2.07. The summed E-state index contributed by atoms with van der Waals surface area (Å²) in [5, 5.41) is 3.99. The molecule has 0 aliphatic rings. The van der Waals surface area contributed by atoms with Gasteiger partial charge in [0, 0.05) is 15.6 Å². The van der Waals surface area contributed by atoms with E-state index in [1.54, 1.807) is 12.1 Å². The molecule has 0 radical (unpaired) electrons. The van der Waals surface area contributed by atoms with Crippen LogP contribution in [-0.4, -0.2) is 18.7 Å². The number of halogens is 1. The largest absolute Gasteiger partial charge is 0.480 e. The van der Waals surface area contributed by atoms with Gasteiger partial charge in [0.15, 0.2) is 0 Å². The molecule has 4 nitrogen and oxygen atoms in total. The van der Waals surface area contributed by atoms with Crippen molar-refractivity contribution in [3.05, 3.63) is 63.6 Å². The molecule has 1 N–H and O–H groups in total. The van der Waals surface area contributed by atoms with Crippen molar-refractivity contribution in [3.8, 4) is 18.1 Å². The van der Waals surface area contributed by atoms with Crippen LogP contribution in [0.1, 0.15) is 21.5 Å². The Morgan fingerprint density at radius 3 is 2.91 bits per heavy atom. The van der Waals surface area contributed by atoms with Gasteiger partial charge >= 0.3 is 0 Å². The zero-order valence-electron chi connectivity index (χ0n) is 12.5. The molecule has 0 heterocycles. The van der Waals surface area contributed by atoms with E-state index in [-0.39, 0.29) is 12.5 Å². The van der Waals surface area contributed by atoms with Gasteiger partial charge in [0.05, 0.1) is 6.21 Å². The number of hydrogen-bond acceptors (Lipinski definition) is 3. The average Bonchev–Trinajstić information content (AvgIpc) is 2.54. The number of rotatable bonds is 5. The molecule has 5 heteroatoms. The lowest BCUT2D eigenvalue weighted by atomic mass is 10.1. The number of amides is 1. The molecular weight excluding hydrogens is 356 g/mol. The fourth-order valence-electron chi connectivity index (χ4n) is 1.92. The molecule has 2 aromatic carbocycles. The summed E-state index contributed by atoms with van der Waals surface area (Å²) in [6, 6.07) is 12.8. The van der Waals surface area contributed by atoms with Crippen molar-refractivity contribution >= 4 is 28.1 Å². The molecule has 0 aliphatic heterocycles. The van der Waals surface area contributed by atoms with Crippen molar-refractivity contribution in [3.63, 3.8) is 0 Å². The zero-order valence-corrected chi connectivity index (χ0v) is 14.1. The van der Waals surface area contributed by atoms with Crippen molar-refractivity contribution in [2.24, 2.45) is 5.10 Å². The molecule has 0 aromatic heterocycles. The third-order valence-corrected chi connectivity index (χ3v) is 3.54. The zero-order chi connectivity index (χ0) is 16.7. The highest BCUT2D eigenvalue weighted by molar-refractivity contribution is 9.10. The van der Waals surface area contributed by atoms with E-state index >= 15 is 0 Å². The fraction of sp³-hybridized carbons (Fsp3) is 0.111. The highest BCUT2D eigenvalue weighted by Crippen LogP contribution is 2.21. The van der Waals surface area contributed by atoms with Crippen LogP contribution in [0.25, 0.3) is 0 Å². The summed E-state index contributed by atoms with van der Waals surface area (Å²) in [4.78, 5) is 12.1. The molecule has 0 atom stereocenters. The molecule has 0 saturated carbocycles. The standard InChI is InChI=1S/C18H15BrN2O2/c1-3-10-23-17-9-8-15(19)11-14(17)12-20-21-18(22)16-7-5-4-6-13(16)2/h1,4-9,11-12H,10H2,2H3,(H,21,22)/b20-12+. The summed E-state index contributed by atoms with van der Waals surface area (Å²) >= 11 is 3.39. The van der Waals surface area contributed by atoms with Gasteiger partial charge in [-0.05, 0) is 36.8 Å². The van der Waals surface area contributed by atoms with E-state index in [0.717, 1.165) is 10.0 Å². The molecule has 23 heavy (non-hydrogen) atoms. The third kappa shape index (κ3) is 4.70. The van der Waals surface area contributed by atoms with Gasteiger partial charge in [-0.3, -0.25) is 4.79 Å². The first-order valence-corrected chi connectivity index (χ1v) is 7.66. The van der Waals surface area contributed by atoms with Crippen molar-refractivity contribution < 1.29 is 9.53 Å². The lowest BCUT2D eigenvalue weighted by Crippen LogP contribution is -2.18. The van der Waals surface area contributed by atoms with Crippen molar-refractivity contribution in [1.82, 2.24) is 5.43 Å². The molecule has 0 bridgehead atoms. The molecule has 0 saturated heterocycles. The minimum Gasteiger partial charge on any atom is -0.480 e. The normalized spacial score (nSPS) is 10.3. The van der Waals surface area contributed by atoms with E-state index in [1.165, 1.54) is 6.21 Å². The summed E-state index contributed by atoms with van der Waals surface area (Å²) in [6.07, 6.45) is 6.72. The predicted molar refractivity (Wildman–Crippen MR) is 94.7 cm³/mol. The summed E-state index contributed by atoms with van der Waals surface area (Å²) in [5.74, 6) is 2.75. The Kier molecular flexibility index (Phi) is 5.95. The van der Waals surface area contributed by atoms with Gasteiger partial charge in [0.25, 0.3) is 5.91 Å². The number of hydrogen-bond donors (Lipinski definition) is 1. The summed E-state index contributed by atoms with van der Waals surface area (Å²) in [7, 11) is 0. The minimum absolute atomic E-state index is 0.165. The van der Waals surface area contributed by atoms with Gasteiger partial charge < -0.3 is 4.74 Å². The Morgan fingerprint density at radius 1 is 1.39 bits per heavy atom. The van der Waals surface area contributed by atoms with Crippen LogP contribution in [0.4, 0.5) is 0 Å². The van der Waals surface area contributed by atoms with Crippen LogP contribution in [0.15, 0.2) is 52.0 Å². The van der Waals surface area contributed by atoms with E-state index in [9.17, 15) is 4.79 Å². The maximum absolute atomic E-state index is 12.1. The summed E-state index contributed by atoms with van der Waals surface area (Å²) in [5.41, 5.74) is 4.69. The Labute approximate surface area is 143 Å². The Balaban J connectivity index is 2.11. The van der Waals surface area contributed by atoms with Gasteiger partial charge in [-0.2, -0.15) is 5.10 Å². The van der Waals surface area contributed by atoms with E-state index in [0.29, 0.717) is 16.9 Å². The first-order chi connectivity index (χ1) is 11.1. The molecule has 2 rings (SSSR count). The first kappa shape index (κ1) is 16.8. The molecule has 0 fully saturated rings. The van der Waals surface area contributed by atoms with Gasteiger partial charge in [0.1, 0.15) is 12.4 Å². The van der Waals surface area contributed by atoms with Crippen LogP contribution in [0.3, 0.4) is 0 Å². The Bertz CT molecular complexity index is 779. The smallest absolute Gasteiger partial charge is 0.271 e. The first-order valence-electron chi connectivity index (χ1n) is 6.86. The number of benzene rings is 2. The molecule has 116 valence electrons. The number of carbonyl (C=O) groups is 1. The Hall–Kier alpha value is -2.58. The Morgan fingerprint density at radius 2 is 2.17 bits per heavy atom. The topological polar surface area (TPSA) is 50.7 Å². The minimum atomic E-state index is -0.263. The van der Waals surface area contributed by atoms with Crippen LogP contribution >= 0.6 is 15.9 Å². The summed E-state index contributed by atoms with van der Waals surface area (Å²) in [6.45, 7) is 2.04. The van der Waals surface area contributed by atoms with Gasteiger partial charge in [-0.25, -0.2) is 5.43 Å². The average molecular weight is 371 g/mol. The van der Waals surface area contributed by atoms with Crippen LogP contribution in [-0.2, 0) is 0 Å². The number of carbonyl (C=O) groups excluding carboxylic acids is 1. The van der Waals surface area contributed by atoms with E-state index in [2.05, 4.69) is 32.4 Å². The van der Waals surface area contributed by atoms with Crippen molar-refractivity contribution in [2.75, 3.05) is 6.61 Å². The molecule has 0 unspecified atom stereocenters. The third-order valence-electron chi connectivity index (χ3n) is 3.04. The van der Waals surface area contributed by atoms with E-state index in [4.69, 9.17) is 11.2 Å². The van der Waals surface area contributed by atoms with Gasteiger partial charge in [-0.1, -0.05) is 40.0 Å². The number of nitrogens with one attached hydrogen (secondary N) is 1. The predicted octanol–water partition coefficient (Wildman–Crippen LogP) is 3.53. The second-order valence-electron chi connectivity index (χ2n) is 4.69. The van der Waals surface area contributed by atoms with Crippen LogP contribution in [0, 0.1) is 19.3 Å². The van der Waals surface area contributed by atoms with E-state index in [1.807, 2.05) is 37.3 Å². The number of aryl methyl sites for hydroxylation is 1. The monoisotopic (exact) mass is 370 g/mol. The number of terminal acetylenes is 1. The summed E-state index contributed by atoms with van der Waals surface area (Å²) < 4.78 is 6.31. The number of nitrogens with zero attached hydrogens (tertiary/aromatic N) is 1. The number of hydrazone groups is 1. The molecule has 2 aromatic rings. The van der Waals surface area contributed by atoms with Gasteiger partial charge in [-0.15, -0.1) is 6.42 Å². The van der Waals surface area contributed by atoms with Gasteiger partial charge in [0.2, 0.25) is 0 Å². The van der Waals surface area contributed by atoms with Crippen LogP contribution in [0.5, 0.6) is 5.75 Å². The maximum atomic E-state index is 12.1. The second-order valence-corrected chi connectivity index (χ2v) is 5.60. The second kappa shape index (κ2) is 8.16. The lowest BCUT2D eigenvalue weighted by molar-refractivity contribution is 0.0954. The van der Waals surface area contributed by atoms with E-state index < -0.39 is 0 Å². The van der Waals surface area contributed by atoms with Crippen LogP contribution < -0.4 is 10.2 Å². The van der Waals surface area contributed by atoms with Crippen LogP contribution in [0.2, 0.25) is 0 Å². The maximum Gasteiger partial charge on any atom is 0.271 e. The highest BCUT2D eigenvalue weighted by atomic mass is 79.9. The van der Waals surface area contributed by atoms with Crippen molar-refractivity contribution in [2.45, 2.75) is 6.92 Å². The highest BCUT2D eigenvalue weighted by Gasteiger charge is 2.07. The number of ether oxygens (including phenoxy) is 1. The van der Waals surface area contributed by atoms with Crippen molar-refractivity contribution in [1.29, 1.82) is 0 Å².